The average molecular weight is 334 g/mol. The molecule has 2 heterocycles. The third-order valence-corrected chi connectivity index (χ3v) is 4.02. The Bertz CT molecular complexity index is 726. The monoisotopic (exact) mass is 333 g/mol. The van der Waals surface area contributed by atoms with Crippen molar-refractivity contribution in [2.45, 2.75) is 13.0 Å². The van der Waals surface area contributed by atoms with Crippen molar-refractivity contribution in [1.29, 1.82) is 0 Å². The van der Waals surface area contributed by atoms with Crippen LogP contribution in [0, 0.1) is 0 Å². The zero-order valence-electron chi connectivity index (χ0n) is 12.6. The quantitative estimate of drug-likeness (QED) is 0.876. The summed E-state index contributed by atoms with van der Waals surface area (Å²) >= 11 is 5.89. The predicted molar refractivity (Wildman–Crippen MR) is 84.6 cm³/mol. The molecule has 0 saturated carbocycles. The highest BCUT2D eigenvalue weighted by Gasteiger charge is 2.27. The van der Waals surface area contributed by atoms with Crippen LogP contribution in [0.15, 0.2) is 30.3 Å². The summed E-state index contributed by atoms with van der Waals surface area (Å²) in [5, 5.41) is 7.14. The fourth-order valence-electron chi connectivity index (χ4n) is 2.49. The Hall–Kier alpha value is -2.18. The maximum Gasteiger partial charge on any atom is 0.272 e. The minimum atomic E-state index is -0.194. The van der Waals surface area contributed by atoms with Crippen LogP contribution in [0.5, 0.6) is 0 Å². The van der Waals surface area contributed by atoms with Crippen molar-refractivity contribution in [1.82, 2.24) is 15.1 Å². The summed E-state index contributed by atoms with van der Waals surface area (Å²) in [6.45, 7) is 2.80. The summed E-state index contributed by atoms with van der Waals surface area (Å²) in [7, 11) is 0. The number of hydrogen-bond donors (Lipinski definition) is 1. The molecule has 0 unspecified atom stereocenters. The first-order valence-corrected chi connectivity index (χ1v) is 7.65. The number of ketones is 1. The number of nitrogens with one attached hydrogen (secondary N) is 1. The van der Waals surface area contributed by atoms with Gasteiger partial charge in [-0.1, -0.05) is 23.7 Å². The number of benzene rings is 1. The maximum atomic E-state index is 12.5. The van der Waals surface area contributed by atoms with E-state index < -0.39 is 0 Å². The molecule has 2 aromatic rings. The Morgan fingerprint density at radius 1 is 1.35 bits per heavy atom. The normalized spacial score (nSPS) is 18.0. The molecular formula is C16H16ClN3O3. The van der Waals surface area contributed by atoms with E-state index in [0.29, 0.717) is 30.4 Å². The van der Waals surface area contributed by atoms with Gasteiger partial charge in [0.05, 0.1) is 13.2 Å². The van der Waals surface area contributed by atoms with Crippen molar-refractivity contribution in [3.05, 3.63) is 52.3 Å². The number of hydrogen-bond acceptors (Lipinski definition) is 4. The standard InChI is InChI=1S/C16H16ClN3O3/c1-10(21)13-8-14(19-18-13)16(22)20-6-7-23-15(9-20)11-2-4-12(17)5-3-11/h2-5,8,15H,6-7,9H2,1H3,(H,18,19)/t15-/m1/s1. The Balaban J connectivity index is 1.73. The highest BCUT2D eigenvalue weighted by atomic mass is 35.5. The number of rotatable bonds is 3. The molecule has 1 N–H and O–H groups in total. The lowest BCUT2D eigenvalue weighted by molar-refractivity contribution is -0.0230. The molecule has 0 aliphatic carbocycles. The van der Waals surface area contributed by atoms with Crippen LogP contribution < -0.4 is 0 Å². The largest absolute Gasteiger partial charge is 0.370 e. The van der Waals surface area contributed by atoms with E-state index in [4.69, 9.17) is 16.3 Å². The zero-order chi connectivity index (χ0) is 16.4. The summed E-state index contributed by atoms with van der Waals surface area (Å²) in [6, 6.07) is 8.87. The van der Waals surface area contributed by atoms with Gasteiger partial charge in [0.25, 0.3) is 5.91 Å². The highest BCUT2D eigenvalue weighted by molar-refractivity contribution is 6.30. The van der Waals surface area contributed by atoms with E-state index in [1.165, 1.54) is 13.0 Å². The van der Waals surface area contributed by atoms with Gasteiger partial charge in [0.1, 0.15) is 17.5 Å². The fourth-order valence-corrected chi connectivity index (χ4v) is 2.62. The molecule has 3 rings (SSSR count). The lowest BCUT2D eigenvalue weighted by atomic mass is 10.1. The van der Waals surface area contributed by atoms with E-state index in [1.807, 2.05) is 12.1 Å². The van der Waals surface area contributed by atoms with Gasteiger partial charge in [-0.05, 0) is 23.8 Å². The van der Waals surface area contributed by atoms with Crippen molar-refractivity contribution in [2.24, 2.45) is 0 Å². The summed E-state index contributed by atoms with van der Waals surface area (Å²) in [5.74, 6) is -0.367. The summed E-state index contributed by atoms with van der Waals surface area (Å²) in [5.41, 5.74) is 1.55. The molecule has 1 aliphatic rings. The minimum Gasteiger partial charge on any atom is -0.370 e. The first-order valence-electron chi connectivity index (χ1n) is 7.27. The zero-order valence-corrected chi connectivity index (χ0v) is 13.3. The molecule has 0 bridgehead atoms. The Kier molecular flexibility index (Phi) is 4.45. The van der Waals surface area contributed by atoms with Crippen LogP contribution >= 0.6 is 11.6 Å². The van der Waals surface area contributed by atoms with Gasteiger partial charge in [0, 0.05) is 18.5 Å². The molecule has 1 fully saturated rings. The number of H-pyrrole nitrogens is 1. The number of aromatic nitrogens is 2. The van der Waals surface area contributed by atoms with E-state index in [9.17, 15) is 9.59 Å². The average Bonchev–Trinajstić information content (AvgIpc) is 3.05. The van der Waals surface area contributed by atoms with E-state index in [1.54, 1.807) is 17.0 Å². The van der Waals surface area contributed by atoms with Crippen LogP contribution in [0.3, 0.4) is 0 Å². The lowest BCUT2D eigenvalue weighted by Gasteiger charge is -2.32. The molecule has 0 spiro atoms. The van der Waals surface area contributed by atoms with Crippen LogP contribution in [0.1, 0.15) is 39.6 Å². The van der Waals surface area contributed by atoms with Gasteiger partial charge in [0.15, 0.2) is 5.78 Å². The smallest absolute Gasteiger partial charge is 0.272 e. The number of aromatic amines is 1. The number of carbonyl (C=O) groups is 2. The van der Waals surface area contributed by atoms with E-state index in [-0.39, 0.29) is 23.5 Å². The highest BCUT2D eigenvalue weighted by Crippen LogP contribution is 2.24. The van der Waals surface area contributed by atoms with Gasteiger partial charge in [-0.2, -0.15) is 5.10 Å². The number of halogens is 1. The Labute approximate surface area is 138 Å². The molecule has 1 amide bonds. The van der Waals surface area contributed by atoms with Crippen molar-refractivity contribution in [3.8, 4) is 0 Å². The van der Waals surface area contributed by atoms with Gasteiger partial charge >= 0.3 is 0 Å². The number of morpholine rings is 1. The SMILES string of the molecule is CC(=O)c1cc(C(=O)N2CCO[C@@H](c3ccc(Cl)cc3)C2)[nH]n1. The van der Waals surface area contributed by atoms with Crippen LogP contribution in [-0.4, -0.2) is 46.5 Å². The van der Waals surface area contributed by atoms with Crippen molar-refractivity contribution in [3.63, 3.8) is 0 Å². The molecule has 0 radical (unpaired) electrons. The second-order valence-electron chi connectivity index (χ2n) is 5.39. The van der Waals surface area contributed by atoms with E-state index in [0.717, 1.165) is 5.56 Å². The van der Waals surface area contributed by atoms with Crippen LogP contribution in [0.25, 0.3) is 0 Å². The second-order valence-corrected chi connectivity index (χ2v) is 5.82. The van der Waals surface area contributed by atoms with Crippen LogP contribution in [-0.2, 0) is 4.74 Å². The minimum absolute atomic E-state index is 0.179. The number of nitrogens with zero attached hydrogens (tertiary/aromatic N) is 2. The molecule has 1 aromatic carbocycles. The molecular weight excluding hydrogens is 318 g/mol. The molecule has 23 heavy (non-hydrogen) atoms. The third kappa shape index (κ3) is 3.43. The Morgan fingerprint density at radius 2 is 2.09 bits per heavy atom. The van der Waals surface area contributed by atoms with Gasteiger partial charge in [-0.25, -0.2) is 0 Å². The van der Waals surface area contributed by atoms with Gasteiger partial charge < -0.3 is 9.64 Å². The van der Waals surface area contributed by atoms with Crippen LogP contribution in [0.4, 0.5) is 0 Å². The third-order valence-electron chi connectivity index (χ3n) is 3.76. The topological polar surface area (TPSA) is 75.3 Å². The molecule has 1 saturated heterocycles. The first kappa shape index (κ1) is 15.7. The van der Waals surface area contributed by atoms with Gasteiger partial charge in [-0.3, -0.25) is 14.7 Å². The molecule has 1 atom stereocenters. The molecule has 1 aromatic heterocycles. The number of amides is 1. The maximum absolute atomic E-state index is 12.5. The molecule has 1 aliphatic heterocycles. The van der Waals surface area contributed by atoms with Crippen molar-refractivity contribution in [2.75, 3.05) is 19.7 Å². The predicted octanol–water partition coefficient (Wildman–Crippen LogP) is 2.48. The molecule has 7 heteroatoms. The molecule has 120 valence electrons. The number of Topliss-reactive ketones (excluding diaryl/α,β-unsaturated/α-hetero) is 1. The fraction of sp³-hybridized carbons (Fsp3) is 0.312. The van der Waals surface area contributed by atoms with Crippen LogP contribution in [0.2, 0.25) is 5.02 Å². The summed E-state index contributed by atoms with van der Waals surface area (Å²) in [6.07, 6.45) is -0.194. The number of carbonyl (C=O) groups excluding carboxylic acids is 2. The second kappa shape index (κ2) is 6.52. The lowest BCUT2D eigenvalue weighted by Crippen LogP contribution is -2.42. The van der Waals surface area contributed by atoms with Crippen molar-refractivity contribution < 1.29 is 14.3 Å². The Morgan fingerprint density at radius 3 is 2.74 bits per heavy atom. The van der Waals surface area contributed by atoms with E-state index >= 15 is 0 Å². The first-order chi connectivity index (χ1) is 11.0. The van der Waals surface area contributed by atoms with Gasteiger partial charge in [-0.15, -0.1) is 0 Å². The van der Waals surface area contributed by atoms with Crippen molar-refractivity contribution >= 4 is 23.3 Å². The summed E-state index contributed by atoms with van der Waals surface area (Å²) < 4.78 is 5.75. The summed E-state index contributed by atoms with van der Waals surface area (Å²) in [4.78, 5) is 25.5. The van der Waals surface area contributed by atoms with Gasteiger partial charge in [0.2, 0.25) is 0 Å². The van der Waals surface area contributed by atoms with E-state index in [2.05, 4.69) is 10.2 Å². The molecule has 6 nitrogen and oxygen atoms in total. The number of ether oxygens (including phenoxy) is 1.